The van der Waals surface area contributed by atoms with Crippen molar-refractivity contribution in [3.05, 3.63) is 65.7 Å². The van der Waals surface area contributed by atoms with E-state index in [0.717, 1.165) is 11.3 Å². The quantitative estimate of drug-likeness (QED) is 0.486. The minimum atomic E-state index is -0.341. The fourth-order valence-electron chi connectivity index (χ4n) is 1.69. The molecule has 0 heterocycles. The Labute approximate surface area is 118 Å². The number of esters is 1. The van der Waals surface area contributed by atoms with Crippen molar-refractivity contribution in [3.8, 4) is 0 Å². The summed E-state index contributed by atoms with van der Waals surface area (Å²) in [5.74, 6) is -0.341. The van der Waals surface area contributed by atoms with Crippen LogP contribution in [0.1, 0.15) is 15.9 Å². The molecule has 20 heavy (non-hydrogen) atoms. The van der Waals surface area contributed by atoms with Crippen molar-refractivity contribution < 1.29 is 9.53 Å². The lowest BCUT2D eigenvalue weighted by atomic mass is 10.2. The Kier molecular flexibility index (Phi) is 4.50. The van der Waals surface area contributed by atoms with Crippen LogP contribution in [0.3, 0.4) is 0 Å². The van der Waals surface area contributed by atoms with Crippen molar-refractivity contribution in [2.75, 3.05) is 19.2 Å². The van der Waals surface area contributed by atoms with Crippen LogP contribution >= 0.6 is 0 Å². The minimum absolute atomic E-state index is 0.341. The van der Waals surface area contributed by atoms with Crippen LogP contribution in [-0.2, 0) is 4.74 Å². The molecule has 0 amide bonds. The van der Waals surface area contributed by atoms with E-state index in [1.807, 2.05) is 49.5 Å². The lowest BCUT2D eigenvalue weighted by Gasteiger charge is -2.13. The van der Waals surface area contributed by atoms with Crippen LogP contribution in [0.25, 0.3) is 0 Å². The van der Waals surface area contributed by atoms with Gasteiger partial charge in [0.25, 0.3) is 0 Å². The number of hydrogen-bond acceptors (Lipinski definition) is 4. The first-order valence-corrected chi connectivity index (χ1v) is 6.22. The van der Waals surface area contributed by atoms with Crippen molar-refractivity contribution in [1.82, 2.24) is 0 Å². The van der Waals surface area contributed by atoms with Gasteiger partial charge in [-0.1, -0.05) is 30.3 Å². The molecule has 0 saturated heterocycles. The summed E-state index contributed by atoms with van der Waals surface area (Å²) in [6.07, 6.45) is 1.79. The fraction of sp³-hybridized carbons (Fsp3) is 0.125. The molecular weight excluding hydrogens is 252 g/mol. The van der Waals surface area contributed by atoms with Gasteiger partial charge < -0.3 is 4.74 Å². The largest absolute Gasteiger partial charge is 0.465 e. The fourth-order valence-corrected chi connectivity index (χ4v) is 1.69. The highest BCUT2D eigenvalue weighted by atomic mass is 16.5. The summed E-state index contributed by atoms with van der Waals surface area (Å²) in [6, 6.07) is 17.0. The van der Waals surface area contributed by atoms with Crippen LogP contribution in [0, 0.1) is 0 Å². The lowest BCUT2D eigenvalue weighted by Crippen LogP contribution is -2.09. The minimum Gasteiger partial charge on any atom is -0.465 e. The molecule has 0 radical (unpaired) electrons. The Hall–Kier alpha value is -2.62. The number of hydrazone groups is 1. The molecule has 0 N–H and O–H groups in total. The molecule has 2 aromatic carbocycles. The van der Waals surface area contributed by atoms with Gasteiger partial charge in [-0.15, -0.1) is 0 Å². The standard InChI is InChI=1S/C16H16N2O2/c1-18(17-12-13-6-4-3-5-7-13)15-10-8-14(9-11-15)16(19)20-2/h3-12H,1-2H3. The third kappa shape index (κ3) is 3.45. The number of nitrogens with zero attached hydrogens (tertiary/aromatic N) is 2. The summed E-state index contributed by atoms with van der Waals surface area (Å²) in [5.41, 5.74) is 2.45. The van der Waals surface area contributed by atoms with Crippen LogP contribution in [0.5, 0.6) is 0 Å². The average molecular weight is 268 g/mol. The molecule has 2 aromatic rings. The Balaban J connectivity index is 2.08. The Bertz CT molecular complexity index is 592. The van der Waals surface area contributed by atoms with Gasteiger partial charge in [-0.2, -0.15) is 5.10 Å². The van der Waals surface area contributed by atoms with Gasteiger partial charge in [-0.3, -0.25) is 5.01 Å². The van der Waals surface area contributed by atoms with Crippen molar-refractivity contribution in [2.45, 2.75) is 0 Å². The zero-order valence-corrected chi connectivity index (χ0v) is 11.5. The highest BCUT2D eigenvalue weighted by molar-refractivity contribution is 5.89. The van der Waals surface area contributed by atoms with Gasteiger partial charge in [0.05, 0.1) is 24.6 Å². The number of ether oxygens (including phenoxy) is 1. The lowest BCUT2D eigenvalue weighted by molar-refractivity contribution is 0.0601. The maximum Gasteiger partial charge on any atom is 0.337 e. The highest BCUT2D eigenvalue weighted by Gasteiger charge is 2.05. The maximum atomic E-state index is 11.3. The SMILES string of the molecule is COC(=O)c1ccc(N(C)N=Cc2ccccc2)cc1. The van der Waals surface area contributed by atoms with E-state index in [1.54, 1.807) is 23.4 Å². The molecule has 0 aromatic heterocycles. The van der Waals surface area contributed by atoms with Crippen LogP contribution in [0.2, 0.25) is 0 Å². The molecule has 4 heteroatoms. The summed E-state index contributed by atoms with van der Waals surface area (Å²) >= 11 is 0. The monoisotopic (exact) mass is 268 g/mol. The highest BCUT2D eigenvalue weighted by Crippen LogP contribution is 2.14. The molecule has 0 bridgehead atoms. The third-order valence-corrected chi connectivity index (χ3v) is 2.84. The number of methoxy groups -OCH3 is 1. The first kappa shape index (κ1) is 13.8. The second-order valence-corrected chi connectivity index (χ2v) is 4.22. The topological polar surface area (TPSA) is 41.9 Å². The number of benzene rings is 2. The van der Waals surface area contributed by atoms with E-state index in [9.17, 15) is 4.79 Å². The molecule has 0 fully saturated rings. The zero-order valence-electron chi connectivity index (χ0n) is 11.5. The van der Waals surface area contributed by atoms with Crippen molar-refractivity contribution >= 4 is 17.9 Å². The average Bonchev–Trinajstić information content (AvgIpc) is 2.53. The van der Waals surface area contributed by atoms with E-state index >= 15 is 0 Å². The smallest absolute Gasteiger partial charge is 0.337 e. The molecular formula is C16H16N2O2. The molecule has 0 unspecified atom stereocenters. The maximum absolute atomic E-state index is 11.3. The van der Waals surface area contributed by atoms with E-state index in [2.05, 4.69) is 9.84 Å². The second-order valence-electron chi connectivity index (χ2n) is 4.22. The molecule has 0 aliphatic carbocycles. The molecule has 102 valence electrons. The summed E-state index contributed by atoms with van der Waals surface area (Å²) in [7, 11) is 3.22. The number of carbonyl (C=O) groups is 1. The number of hydrogen-bond donors (Lipinski definition) is 0. The summed E-state index contributed by atoms with van der Waals surface area (Å²) in [4.78, 5) is 11.3. The van der Waals surface area contributed by atoms with E-state index in [-0.39, 0.29) is 5.97 Å². The normalized spacial score (nSPS) is 10.5. The predicted molar refractivity (Wildman–Crippen MR) is 80.2 cm³/mol. The van der Waals surface area contributed by atoms with Crippen LogP contribution in [0.4, 0.5) is 5.69 Å². The van der Waals surface area contributed by atoms with E-state index in [4.69, 9.17) is 0 Å². The van der Waals surface area contributed by atoms with Crippen molar-refractivity contribution in [2.24, 2.45) is 5.10 Å². The second kappa shape index (κ2) is 6.52. The van der Waals surface area contributed by atoms with Gasteiger partial charge in [-0.05, 0) is 29.8 Å². The Morgan fingerprint density at radius 3 is 2.35 bits per heavy atom. The Morgan fingerprint density at radius 2 is 1.75 bits per heavy atom. The zero-order chi connectivity index (χ0) is 14.4. The van der Waals surface area contributed by atoms with Crippen molar-refractivity contribution in [1.29, 1.82) is 0 Å². The van der Waals surface area contributed by atoms with Gasteiger partial charge in [-0.25, -0.2) is 4.79 Å². The molecule has 4 nitrogen and oxygen atoms in total. The van der Waals surface area contributed by atoms with Crippen LogP contribution < -0.4 is 5.01 Å². The van der Waals surface area contributed by atoms with Gasteiger partial charge in [0, 0.05) is 7.05 Å². The number of anilines is 1. The first-order chi connectivity index (χ1) is 9.70. The molecule has 0 aliphatic heterocycles. The van der Waals surface area contributed by atoms with E-state index in [0.29, 0.717) is 5.56 Å². The number of rotatable bonds is 4. The number of carbonyl (C=O) groups excluding carboxylic acids is 1. The summed E-state index contributed by atoms with van der Waals surface area (Å²) < 4.78 is 4.66. The van der Waals surface area contributed by atoms with Gasteiger partial charge in [0.15, 0.2) is 0 Å². The van der Waals surface area contributed by atoms with Crippen molar-refractivity contribution in [3.63, 3.8) is 0 Å². The predicted octanol–water partition coefficient (Wildman–Crippen LogP) is 2.94. The van der Waals surface area contributed by atoms with Gasteiger partial charge in [0.2, 0.25) is 0 Å². The molecule has 0 aliphatic rings. The van der Waals surface area contributed by atoms with E-state index in [1.165, 1.54) is 7.11 Å². The summed E-state index contributed by atoms with van der Waals surface area (Å²) in [5, 5.41) is 6.10. The molecule has 0 saturated carbocycles. The molecule has 0 spiro atoms. The third-order valence-electron chi connectivity index (χ3n) is 2.84. The van der Waals surface area contributed by atoms with Crippen LogP contribution in [-0.4, -0.2) is 26.3 Å². The first-order valence-electron chi connectivity index (χ1n) is 6.22. The van der Waals surface area contributed by atoms with Gasteiger partial charge in [0.1, 0.15) is 0 Å². The molecule has 0 atom stereocenters. The Morgan fingerprint density at radius 1 is 1.10 bits per heavy atom. The molecule has 2 rings (SSSR count). The van der Waals surface area contributed by atoms with Gasteiger partial charge >= 0.3 is 5.97 Å². The van der Waals surface area contributed by atoms with Crippen LogP contribution in [0.15, 0.2) is 59.7 Å². The summed E-state index contributed by atoms with van der Waals surface area (Å²) in [6.45, 7) is 0. The van der Waals surface area contributed by atoms with E-state index < -0.39 is 0 Å².